The van der Waals surface area contributed by atoms with Crippen LogP contribution in [0.1, 0.15) is 49.0 Å². The molecule has 2 N–H and O–H groups in total. The van der Waals surface area contributed by atoms with Crippen molar-refractivity contribution in [2.45, 2.75) is 46.2 Å². The number of nitrogens with zero attached hydrogens (tertiary/aromatic N) is 4. The summed E-state index contributed by atoms with van der Waals surface area (Å²) in [5.41, 5.74) is 1.73. The van der Waals surface area contributed by atoms with Crippen LogP contribution in [-0.2, 0) is 17.9 Å². The third-order valence-corrected chi connectivity index (χ3v) is 5.85. The number of ketones is 1. The van der Waals surface area contributed by atoms with Gasteiger partial charge in [0.25, 0.3) is 5.56 Å². The summed E-state index contributed by atoms with van der Waals surface area (Å²) < 4.78 is 2.74. The molecule has 10 nitrogen and oxygen atoms in total. The van der Waals surface area contributed by atoms with E-state index in [0.29, 0.717) is 59.8 Å². The Morgan fingerprint density at radius 1 is 0.973 bits per heavy atom. The number of aromatic amines is 1. The standard InChI is InChI=1S/C27H26N6O4/c1-3-13-32-25-23(26(36)33(14-4-2)27(32)37)30-24(31-25)19-9-7-18(8-10-19)21(34)15-22(35)29-20-11-5-17(16-28)6-12-20/h5-12H,3-4,13-15H2,1-2H3,(H,29,35)(H,30,31). The number of benzene rings is 2. The summed E-state index contributed by atoms with van der Waals surface area (Å²) in [5.74, 6) is -0.419. The van der Waals surface area contributed by atoms with E-state index < -0.39 is 11.5 Å². The number of amides is 1. The largest absolute Gasteiger partial charge is 0.332 e. The molecule has 2 heterocycles. The molecule has 0 fully saturated rings. The summed E-state index contributed by atoms with van der Waals surface area (Å²) in [6, 6.07) is 14.9. The topological polar surface area (TPSA) is 143 Å². The summed E-state index contributed by atoms with van der Waals surface area (Å²) in [7, 11) is 0. The second-order valence-electron chi connectivity index (χ2n) is 8.59. The van der Waals surface area contributed by atoms with Crippen molar-refractivity contribution in [3.8, 4) is 17.5 Å². The number of nitriles is 1. The van der Waals surface area contributed by atoms with E-state index in [-0.39, 0.29) is 23.4 Å². The minimum Gasteiger partial charge on any atom is -0.332 e. The van der Waals surface area contributed by atoms with Gasteiger partial charge in [-0.1, -0.05) is 38.1 Å². The third kappa shape index (κ3) is 5.26. The fourth-order valence-corrected chi connectivity index (χ4v) is 4.04. The summed E-state index contributed by atoms with van der Waals surface area (Å²) in [6.07, 6.45) is 1.01. The van der Waals surface area contributed by atoms with E-state index in [1.54, 1.807) is 48.5 Å². The van der Waals surface area contributed by atoms with Gasteiger partial charge in [-0.05, 0) is 37.1 Å². The number of hydrogen-bond donors (Lipinski definition) is 2. The molecule has 0 radical (unpaired) electrons. The molecule has 0 aliphatic heterocycles. The third-order valence-electron chi connectivity index (χ3n) is 5.85. The highest BCUT2D eigenvalue weighted by Gasteiger charge is 2.18. The fourth-order valence-electron chi connectivity index (χ4n) is 4.04. The predicted molar refractivity (Wildman–Crippen MR) is 139 cm³/mol. The Morgan fingerprint density at radius 3 is 2.24 bits per heavy atom. The summed E-state index contributed by atoms with van der Waals surface area (Å²) in [4.78, 5) is 58.3. The zero-order chi connectivity index (χ0) is 26.5. The lowest BCUT2D eigenvalue weighted by molar-refractivity contribution is -0.115. The van der Waals surface area contributed by atoms with E-state index in [1.807, 2.05) is 19.9 Å². The summed E-state index contributed by atoms with van der Waals surface area (Å²) >= 11 is 0. The van der Waals surface area contributed by atoms with Crippen LogP contribution in [0.2, 0.25) is 0 Å². The van der Waals surface area contributed by atoms with Crippen LogP contribution < -0.4 is 16.6 Å². The highest BCUT2D eigenvalue weighted by molar-refractivity contribution is 6.11. The van der Waals surface area contributed by atoms with Crippen LogP contribution in [-0.4, -0.2) is 30.8 Å². The van der Waals surface area contributed by atoms with Crippen molar-refractivity contribution in [3.05, 3.63) is 80.5 Å². The number of carbonyl (C=O) groups excluding carboxylic acids is 2. The number of aromatic nitrogens is 4. The molecular weight excluding hydrogens is 472 g/mol. The average molecular weight is 499 g/mol. The molecular formula is C27H26N6O4. The number of hydrogen-bond acceptors (Lipinski definition) is 6. The van der Waals surface area contributed by atoms with Crippen LogP contribution in [0.25, 0.3) is 22.6 Å². The Morgan fingerprint density at radius 2 is 1.62 bits per heavy atom. The van der Waals surface area contributed by atoms with Crippen LogP contribution in [0.3, 0.4) is 0 Å². The van der Waals surface area contributed by atoms with Gasteiger partial charge in [-0.2, -0.15) is 5.26 Å². The van der Waals surface area contributed by atoms with Gasteiger partial charge >= 0.3 is 5.69 Å². The van der Waals surface area contributed by atoms with Gasteiger partial charge in [-0.3, -0.25) is 23.5 Å². The Labute approximate surface area is 212 Å². The fraction of sp³-hybridized carbons (Fsp3) is 0.259. The zero-order valence-electron chi connectivity index (χ0n) is 20.6. The van der Waals surface area contributed by atoms with Gasteiger partial charge in [0, 0.05) is 29.9 Å². The van der Waals surface area contributed by atoms with E-state index in [9.17, 15) is 19.2 Å². The molecule has 1 amide bonds. The number of rotatable bonds is 9. The van der Waals surface area contributed by atoms with Crippen molar-refractivity contribution in [2.75, 3.05) is 5.32 Å². The lowest BCUT2D eigenvalue weighted by Gasteiger charge is -2.09. The highest BCUT2D eigenvalue weighted by Crippen LogP contribution is 2.20. The number of carbonyl (C=O) groups is 2. The normalized spacial score (nSPS) is 10.8. The van der Waals surface area contributed by atoms with Gasteiger partial charge in [-0.15, -0.1) is 0 Å². The highest BCUT2D eigenvalue weighted by atomic mass is 16.2. The Kier molecular flexibility index (Phi) is 7.44. The number of anilines is 1. The van der Waals surface area contributed by atoms with Crippen molar-refractivity contribution in [1.29, 1.82) is 5.26 Å². The second-order valence-corrected chi connectivity index (χ2v) is 8.59. The molecule has 0 aliphatic carbocycles. The molecule has 0 aliphatic rings. The lowest BCUT2D eigenvalue weighted by Crippen LogP contribution is -2.40. The van der Waals surface area contributed by atoms with Crippen molar-refractivity contribution in [1.82, 2.24) is 19.1 Å². The molecule has 2 aromatic carbocycles. The van der Waals surface area contributed by atoms with E-state index in [4.69, 9.17) is 5.26 Å². The van der Waals surface area contributed by atoms with E-state index in [2.05, 4.69) is 15.3 Å². The molecule has 2 aromatic heterocycles. The van der Waals surface area contributed by atoms with Gasteiger partial charge < -0.3 is 10.3 Å². The van der Waals surface area contributed by atoms with Crippen LogP contribution >= 0.6 is 0 Å². The van der Waals surface area contributed by atoms with E-state index >= 15 is 0 Å². The van der Waals surface area contributed by atoms with E-state index in [0.717, 1.165) is 0 Å². The number of fused-ring (bicyclic) bond motifs is 1. The van der Waals surface area contributed by atoms with Crippen molar-refractivity contribution in [2.24, 2.45) is 0 Å². The molecule has 0 unspecified atom stereocenters. The molecule has 4 rings (SSSR count). The van der Waals surface area contributed by atoms with Gasteiger partial charge in [0.15, 0.2) is 11.4 Å². The molecule has 0 atom stereocenters. The zero-order valence-corrected chi connectivity index (χ0v) is 20.6. The van der Waals surface area contributed by atoms with Crippen LogP contribution in [0.15, 0.2) is 58.1 Å². The first kappa shape index (κ1) is 25.3. The van der Waals surface area contributed by atoms with Gasteiger partial charge in [0.05, 0.1) is 18.1 Å². The molecule has 188 valence electrons. The molecule has 37 heavy (non-hydrogen) atoms. The van der Waals surface area contributed by atoms with Crippen molar-refractivity contribution in [3.63, 3.8) is 0 Å². The molecule has 0 bridgehead atoms. The van der Waals surface area contributed by atoms with E-state index in [1.165, 1.54) is 9.13 Å². The van der Waals surface area contributed by atoms with Gasteiger partial charge in [0.2, 0.25) is 5.91 Å². The molecule has 4 aromatic rings. The van der Waals surface area contributed by atoms with Crippen molar-refractivity contribution >= 4 is 28.5 Å². The maximum absolute atomic E-state index is 12.9. The molecule has 0 spiro atoms. The maximum Gasteiger partial charge on any atom is 0.332 e. The lowest BCUT2D eigenvalue weighted by atomic mass is 10.1. The number of Topliss-reactive ketones (excluding diaryl/α,β-unsaturated/α-hetero) is 1. The van der Waals surface area contributed by atoms with Gasteiger partial charge in [0.1, 0.15) is 11.3 Å². The Hall–Kier alpha value is -4.78. The SMILES string of the molecule is CCCn1c(=O)c2[nH]c(-c3ccc(C(=O)CC(=O)Nc4ccc(C#N)cc4)cc3)nc2n(CCC)c1=O. The molecule has 0 saturated heterocycles. The second kappa shape index (κ2) is 10.9. The summed E-state index contributed by atoms with van der Waals surface area (Å²) in [6.45, 7) is 4.60. The first-order chi connectivity index (χ1) is 17.9. The smallest absolute Gasteiger partial charge is 0.332 e. The monoisotopic (exact) mass is 498 g/mol. The molecule has 0 saturated carbocycles. The number of H-pyrrole nitrogens is 1. The number of nitrogens with one attached hydrogen (secondary N) is 2. The minimum absolute atomic E-state index is 0.260. The number of imidazole rings is 1. The van der Waals surface area contributed by atoms with Gasteiger partial charge in [-0.25, -0.2) is 9.78 Å². The minimum atomic E-state index is -0.465. The predicted octanol–water partition coefficient (Wildman–Crippen LogP) is 3.46. The van der Waals surface area contributed by atoms with Crippen molar-refractivity contribution < 1.29 is 9.59 Å². The average Bonchev–Trinajstić information content (AvgIpc) is 3.35. The van der Waals surface area contributed by atoms with Crippen LogP contribution in [0, 0.1) is 11.3 Å². The maximum atomic E-state index is 12.9. The first-order valence-corrected chi connectivity index (χ1v) is 12.0. The first-order valence-electron chi connectivity index (χ1n) is 12.0. The Balaban J connectivity index is 1.55. The Bertz CT molecular complexity index is 1620. The van der Waals surface area contributed by atoms with Crippen LogP contribution in [0.4, 0.5) is 5.69 Å². The molecule has 10 heteroatoms. The quantitative estimate of drug-likeness (QED) is 0.267. The van der Waals surface area contributed by atoms with Crippen LogP contribution in [0.5, 0.6) is 0 Å². The number of aryl methyl sites for hydroxylation is 1. The summed E-state index contributed by atoms with van der Waals surface area (Å²) in [5, 5.41) is 11.5.